The molecule has 0 saturated heterocycles. The molecule has 1 aliphatic rings. The maximum atomic E-state index is 2.46. The third-order valence-corrected chi connectivity index (χ3v) is 9.25. The fourth-order valence-electron chi connectivity index (χ4n) is 7.22. The van der Waals surface area contributed by atoms with Gasteiger partial charge in [-0.3, -0.25) is 0 Å². The van der Waals surface area contributed by atoms with Crippen LogP contribution < -0.4 is 0 Å². The number of para-hydroxylation sites is 2. The van der Waals surface area contributed by atoms with E-state index in [-0.39, 0.29) is 0 Å². The van der Waals surface area contributed by atoms with Crippen LogP contribution in [0, 0.1) is 0 Å². The first-order valence-electron chi connectivity index (χ1n) is 15.3. The maximum absolute atomic E-state index is 2.46. The molecule has 44 heavy (non-hydrogen) atoms. The average molecular weight is 560 g/mol. The van der Waals surface area contributed by atoms with Crippen molar-refractivity contribution in [3.8, 4) is 50.2 Å². The Hall–Kier alpha value is -5.66. The number of hydrogen-bond acceptors (Lipinski definition) is 0. The molecule has 1 heterocycles. The second kappa shape index (κ2) is 9.97. The van der Waals surface area contributed by atoms with Gasteiger partial charge in [0.1, 0.15) is 0 Å². The Balaban J connectivity index is 1.25. The van der Waals surface area contributed by atoms with Gasteiger partial charge >= 0.3 is 0 Å². The standard InChI is InChI=1S/C43H29N/c1-2-12-29(13-3-1)30-22-25-40-39-19-9-11-21-42(39)44(43(40)28-30)41-20-10-8-18-38(41)37-17-7-6-16-35(37)32-23-24-36-33(27-32)26-31-14-4-5-15-34(31)36/h1-25,27-28H,26H2. The van der Waals surface area contributed by atoms with Crippen LogP contribution in [0.15, 0.2) is 164 Å². The summed E-state index contributed by atoms with van der Waals surface area (Å²) in [5.41, 5.74) is 16.6. The van der Waals surface area contributed by atoms with Crippen molar-refractivity contribution < 1.29 is 0 Å². The van der Waals surface area contributed by atoms with Crippen LogP contribution in [0.3, 0.4) is 0 Å². The molecule has 0 fully saturated rings. The van der Waals surface area contributed by atoms with Crippen molar-refractivity contribution in [2.75, 3.05) is 0 Å². The maximum Gasteiger partial charge on any atom is 0.0547 e. The zero-order chi connectivity index (χ0) is 29.0. The van der Waals surface area contributed by atoms with E-state index in [0.717, 1.165) is 6.42 Å². The van der Waals surface area contributed by atoms with Gasteiger partial charge in [0.2, 0.25) is 0 Å². The van der Waals surface area contributed by atoms with Crippen molar-refractivity contribution in [3.05, 3.63) is 175 Å². The molecule has 1 heteroatoms. The van der Waals surface area contributed by atoms with Gasteiger partial charge in [0.25, 0.3) is 0 Å². The lowest BCUT2D eigenvalue weighted by atomic mass is 9.91. The van der Waals surface area contributed by atoms with E-state index in [9.17, 15) is 0 Å². The molecule has 0 amide bonds. The fraction of sp³-hybridized carbons (Fsp3) is 0.0233. The van der Waals surface area contributed by atoms with Gasteiger partial charge < -0.3 is 4.57 Å². The van der Waals surface area contributed by atoms with Crippen LogP contribution in [-0.2, 0) is 6.42 Å². The van der Waals surface area contributed by atoms with Crippen molar-refractivity contribution in [2.24, 2.45) is 0 Å². The lowest BCUT2D eigenvalue weighted by molar-refractivity contribution is 1.18. The minimum atomic E-state index is 0.989. The molecule has 8 aromatic rings. The molecule has 0 saturated carbocycles. The zero-order valence-electron chi connectivity index (χ0n) is 24.2. The van der Waals surface area contributed by atoms with Gasteiger partial charge in [0, 0.05) is 16.3 Å². The molecular formula is C43H29N. The minimum Gasteiger partial charge on any atom is -0.309 e. The van der Waals surface area contributed by atoms with Gasteiger partial charge in [-0.15, -0.1) is 0 Å². The van der Waals surface area contributed by atoms with E-state index in [1.165, 1.54) is 83.1 Å². The van der Waals surface area contributed by atoms with Crippen LogP contribution in [0.4, 0.5) is 0 Å². The molecule has 0 spiro atoms. The Bertz CT molecular complexity index is 2360. The second-order valence-electron chi connectivity index (χ2n) is 11.7. The van der Waals surface area contributed by atoms with Crippen LogP contribution in [0.1, 0.15) is 11.1 Å². The second-order valence-corrected chi connectivity index (χ2v) is 11.7. The van der Waals surface area contributed by atoms with Gasteiger partial charge in [-0.2, -0.15) is 0 Å². The lowest BCUT2D eigenvalue weighted by Gasteiger charge is -2.17. The molecule has 0 bridgehead atoms. The first-order valence-corrected chi connectivity index (χ1v) is 15.3. The minimum absolute atomic E-state index is 0.989. The third-order valence-electron chi connectivity index (χ3n) is 9.25. The lowest BCUT2D eigenvalue weighted by Crippen LogP contribution is -1.98. The normalized spacial score (nSPS) is 12.0. The van der Waals surface area contributed by atoms with Crippen molar-refractivity contribution >= 4 is 21.8 Å². The molecule has 1 aromatic heterocycles. The predicted octanol–water partition coefficient (Wildman–Crippen LogP) is 11.4. The summed E-state index contributed by atoms with van der Waals surface area (Å²) in [7, 11) is 0. The molecule has 0 atom stereocenters. The Morgan fingerprint density at radius 1 is 0.341 bits per heavy atom. The van der Waals surface area contributed by atoms with Crippen LogP contribution in [0.2, 0.25) is 0 Å². The first kappa shape index (κ1) is 24.9. The van der Waals surface area contributed by atoms with Gasteiger partial charge in [-0.05, 0) is 74.7 Å². The highest BCUT2D eigenvalue weighted by atomic mass is 15.0. The van der Waals surface area contributed by atoms with Crippen molar-refractivity contribution in [1.29, 1.82) is 0 Å². The molecule has 0 unspecified atom stereocenters. The first-order chi connectivity index (χ1) is 21.8. The van der Waals surface area contributed by atoms with Crippen molar-refractivity contribution in [2.45, 2.75) is 6.42 Å². The van der Waals surface area contributed by atoms with Crippen LogP contribution in [0.25, 0.3) is 72.0 Å². The fourth-order valence-corrected chi connectivity index (χ4v) is 7.22. The van der Waals surface area contributed by atoms with E-state index in [4.69, 9.17) is 0 Å². The largest absolute Gasteiger partial charge is 0.309 e. The number of aromatic nitrogens is 1. The van der Waals surface area contributed by atoms with Crippen LogP contribution in [0.5, 0.6) is 0 Å². The highest BCUT2D eigenvalue weighted by Crippen LogP contribution is 2.43. The smallest absolute Gasteiger partial charge is 0.0547 e. The van der Waals surface area contributed by atoms with Gasteiger partial charge in [-0.1, -0.05) is 146 Å². The molecule has 0 aliphatic heterocycles. The quantitative estimate of drug-likeness (QED) is 0.202. The Kier molecular flexibility index (Phi) is 5.64. The Labute approximate surface area is 257 Å². The van der Waals surface area contributed by atoms with E-state index >= 15 is 0 Å². The van der Waals surface area contributed by atoms with Gasteiger partial charge in [0.15, 0.2) is 0 Å². The molecule has 206 valence electrons. The number of rotatable bonds is 4. The summed E-state index contributed by atoms with van der Waals surface area (Å²) in [5.74, 6) is 0. The van der Waals surface area contributed by atoms with E-state index in [2.05, 4.69) is 168 Å². The number of benzene rings is 7. The average Bonchev–Trinajstić information content (AvgIpc) is 3.63. The summed E-state index contributed by atoms with van der Waals surface area (Å²) >= 11 is 0. The summed E-state index contributed by atoms with van der Waals surface area (Å²) in [5, 5.41) is 2.53. The molecule has 9 rings (SSSR count). The van der Waals surface area contributed by atoms with E-state index < -0.39 is 0 Å². The van der Waals surface area contributed by atoms with Crippen LogP contribution in [-0.4, -0.2) is 4.57 Å². The predicted molar refractivity (Wildman–Crippen MR) is 185 cm³/mol. The molecule has 1 nitrogen and oxygen atoms in total. The zero-order valence-corrected chi connectivity index (χ0v) is 24.2. The van der Waals surface area contributed by atoms with Crippen molar-refractivity contribution in [3.63, 3.8) is 0 Å². The summed E-state index contributed by atoms with van der Waals surface area (Å²) in [6, 6.07) is 59.9. The van der Waals surface area contributed by atoms with Crippen molar-refractivity contribution in [1.82, 2.24) is 4.57 Å². The summed E-state index contributed by atoms with van der Waals surface area (Å²) in [6.45, 7) is 0. The highest BCUT2D eigenvalue weighted by Gasteiger charge is 2.21. The van der Waals surface area contributed by atoms with E-state index in [1.807, 2.05) is 0 Å². The summed E-state index contributed by atoms with van der Waals surface area (Å²) in [6.07, 6.45) is 0.989. The topological polar surface area (TPSA) is 4.93 Å². The number of nitrogens with zero attached hydrogens (tertiary/aromatic N) is 1. The molecule has 7 aromatic carbocycles. The highest BCUT2D eigenvalue weighted by molar-refractivity contribution is 6.11. The third kappa shape index (κ3) is 3.87. The number of fused-ring (bicyclic) bond motifs is 6. The molecule has 1 aliphatic carbocycles. The van der Waals surface area contributed by atoms with E-state index in [1.54, 1.807) is 0 Å². The SMILES string of the molecule is c1ccc(-c2ccc3c4ccccc4n(-c4ccccc4-c4ccccc4-c4ccc5c(c4)Cc4ccccc4-5)c3c2)cc1. The molecule has 0 radical (unpaired) electrons. The Morgan fingerprint density at radius 3 is 1.86 bits per heavy atom. The van der Waals surface area contributed by atoms with Gasteiger partial charge in [-0.25, -0.2) is 0 Å². The van der Waals surface area contributed by atoms with Gasteiger partial charge in [0.05, 0.1) is 16.7 Å². The van der Waals surface area contributed by atoms with E-state index in [0.29, 0.717) is 0 Å². The monoisotopic (exact) mass is 559 g/mol. The molecular weight excluding hydrogens is 530 g/mol. The summed E-state index contributed by atoms with van der Waals surface area (Å²) in [4.78, 5) is 0. The molecule has 0 N–H and O–H groups in total. The Morgan fingerprint density at radius 2 is 0.977 bits per heavy atom. The number of hydrogen-bond donors (Lipinski definition) is 0. The summed E-state index contributed by atoms with van der Waals surface area (Å²) < 4.78 is 2.46. The van der Waals surface area contributed by atoms with Crippen LogP contribution >= 0.6 is 0 Å².